The molecule has 2 unspecified atom stereocenters. The van der Waals surface area contributed by atoms with Crippen molar-refractivity contribution in [3.05, 3.63) is 75.3 Å². The first-order chi connectivity index (χ1) is 12.9. The zero-order chi connectivity index (χ0) is 19.6. The van der Waals surface area contributed by atoms with Gasteiger partial charge in [-0.1, -0.05) is 37.3 Å². The number of thioether (sulfide) groups is 1. The van der Waals surface area contributed by atoms with Gasteiger partial charge in [0.1, 0.15) is 0 Å². The maximum Gasteiger partial charge on any atom is 0.335 e. The molecule has 2 aromatic rings. The van der Waals surface area contributed by atoms with Gasteiger partial charge in [-0.15, -0.1) is 0 Å². The highest BCUT2D eigenvalue weighted by molar-refractivity contribution is 8.00. The number of hydrogen-bond donors (Lipinski definition) is 1. The molecule has 140 valence electrons. The predicted octanol–water partition coefficient (Wildman–Crippen LogP) is 3.61. The van der Waals surface area contributed by atoms with Gasteiger partial charge in [-0.2, -0.15) is 11.8 Å². The van der Waals surface area contributed by atoms with Crippen molar-refractivity contribution in [2.24, 2.45) is 0 Å². The first-order valence-electron chi connectivity index (χ1n) is 8.39. The van der Waals surface area contributed by atoms with Gasteiger partial charge >= 0.3 is 5.97 Å². The van der Waals surface area contributed by atoms with Crippen molar-refractivity contribution in [2.45, 2.75) is 18.2 Å². The minimum absolute atomic E-state index is 0.0154. The summed E-state index contributed by atoms with van der Waals surface area (Å²) in [4.78, 5) is 36.6. The fourth-order valence-electron chi connectivity index (χ4n) is 3.28. The number of benzene rings is 2. The number of nitro groups is 1. The van der Waals surface area contributed by atoms with Gasteiger partial charge in [-0.25, -0.2) is 4.79 Å². The summed E-state index contributed by atoms with van der Waals surface area (Å²) in [7, 11) is 0. The highest BCUT2D eigenvalue weighted by Crippen LogP contribution is 2.37. The van der Waals surface area contributed by atoms with Gasteiger partial charge in [-0.3, -0.25) is 14.9 Å². The lowest BCUT2D eigenvalue weighted by molar-refractivity contribution is -0.384. The molecule has 1 amide bonds. The quantitative estimate of drug-likeness (QED) is 0.636. The smallest absolute Gasteiger partial charge is 0.335 e. The monoisotopic (exact) mass is 386 g/mol. The number of aromatic carboxylic acids is 1. The van der Waals surface area contributed by atoms with Gasteiger partial charge in [-0.05, 0) is 11.6 Å². The molecule has 0 spiro atoms. The average molecular weight is 386 g/mol. The van der Waals surface area contributed by atoms with E-state index in [9.17, 15) is 24.8 Å². The van der Waals surface area contributed by atoms with Crippen LogP contribution in [0.1, 0.15) is 39.2 Å². The van der Waals surface area contributed by atoms with Gasteiger partial charge in [0.15, 0.2) is 0 Å². The molecule has 8 heteroatoms. The number of carbonyl (C=O) groups excluding carboxylic acids is 1. The van der Waals surface area contributed by atoms with Crippen molar-refractivity contribution >= 4 is 29.3 Å². The Hall–Kier alpha value is -2.87. The van der Waals surface area contributed by atoms with E-state index in [0.717, 1.165) is 23.4 Å². The van der Waals surface area contributed by atoms with Crippen molar-refractivity contribution in [3.63, 3.8) is 0 Å². The predicted molar refractivity (Wildman–Crippen MR) is 102 cm³/mol. The Morgan fingerprint density at radius 2 is 1.85 bits per heavy atom. The molecule has 1 saturated heterocycles. The third-order valence-corrected chi connectivity index (χ3v) is 5.72. The number of amides is 1. The van der Waals surface area contributed by atoms with Crippen LogP contribution < -0.4 is 0 Å². The lowest BCUT2D eigenvalue weighted by Gasteiger charge is -2.40. The third kappa shape index (κ3) is 3.95. The number of non-ortho nitro benzene ring substituents is 1. The van der Waals surface area contributed by atoms with Gasteiger partial charge in [0.2, 0.25) is 0 Å². The Bertz CT molecular complexity index is 855. The summed E-state index contributed by atoms with van der Waals surface area (Å²) in [6.07, 6.45) is 0. The standard InChI is InChI=1S/C19H18N2O5S/c1-12-17(13-5-3-2-4-6-13)20(7-8-27-12)18(22)14-9-15(19(23)24)11-16(10-14)21(25)26/h2-6,9-12,17H,7-8H2,1H3,(H,23,24). The lowest BCUT2D eigenvalue weighted by Crippen LogP contribution is -2.44. The van der Waals surface area contributed by atoms with Crippen LogP contribution >= 0.6 is 11.8 Å². The summed E-state index contributed by atoms with van der Waals surface area (Å²) in [5.74, 6) is -0.964. The molecule has 0 aliphatic carbocycles. The zero-order valence-corrected chi connectivity index (χ0v) is 15.4. The molecule has 0 aromatic heterocycles. The Morgan fingerprint density at radius 3 is 2.48 bits per heavy atom. The Kier molecular flexibility index (Phi) is 5.46. The van der Waals surface area contributed by atoms with E-state index in [1.54, 1.807) is 16.7 Å². The fraction of sp³-hybridized carbons (Fsp3) is 0.263. The lowest BCUT2D eigenvalue weighted by atomic mass is 10.00. The van der Waals surface area contributed by atoms with E-state index in [4.69, 9.17) is 0 Å². The number of carboxylic acid groups (broad SMARTS) is 1. The van der Waals surface area contributed by atoms with Crippen LogP contribution in [0.2, 0.25) is 0 Å². The fourth-order valence-corrected chi connectivity index (χ4v) is 4.44. The number of rotatable bonds is 4. The van der Waals surface area contributed by atoms with Crippen molar-refractivity contribution in [1.29, 1.82) is 0 Å². The minimum atomic E-state index is -1.31. The summed E-state index contributed by atoms with van der Waals surface area (Å²) in [5, 5.41) is 20.5. The maximum absolute atomic E-state index is 13.2. The number of nitrogens with zero attached hydrogens (tertiary/aromatic N) is 2. The molecule has 1 aliphatic rings. The first kappa shape index (κ1) is 18.9. The van der Waals surface area contributed by atoms with Crippen LogP contribution in [0.25, 0.3) is 0 Å². The topological polar surface area (TPSA) is 101 Å². The minimum Gasteiger partial charge on any atom is -0.478 e. The van der Waals surface area contributed by atoms with Crippen molar-refractivity contribution < 1.29 is 19.6 Å². The second-order valence-electron chi connectivity index (χ2n) is 6.26. The first-order valence-corrected chi connectivity index (χ1v) is 9.43. The molecular formula is C19H18N2O5S. The van der Waals surface area contributed by atoms with Crippen LogP contribution in [0.15, 0.2) is 48.5 Å². The summed E-state index contributed by atoms with van der Waals surface area (Å²) in [5.41, 5.74) is 0.313. The second kappa shape index (κ2) is 7.79. The highest BCUT2D eigenvalue weighted by Gasteiger charge is 2.34. The maximum atomic E-state index is 13.2. The molecule has 1 aliphatic heterocycles. The van der Waals surface area contributed by atoms with E-state index in [-0.39, 0.29) is 22.4 Å². The molecule has 27 heavy (non-hydrogen) atoms. The normalized spacial score (nSPS) is 19.5. The number of nitro benzene ring substituents is 1. The average Bonchev–Trinajstić information content (AvgIpc) is 2.67. The van der Waals surface area contributed by atoms with E-state index in [0.29, 0.717) is 6.54 Å². The summed E-state index contributed by atoms with van der Waals surface area (Å²) < 4.78 is 0. The molecule has 1 N–H and O–H groups in total. The molecule has 3 rings (SSSR count). The van der Waals surface area contributed by atoms with Crippen LogP contribution in [0.4, 0.5) is 5.69 Å². The van der Waals surface area contributed by atoms with E-state index < -0.39 is 22.5 Å². The zero-order valence-electron chi connectivity index (χ0n) is 14.6. The molecular weight excluding hydrogens is 368 g/mol. The van der Waals surface area contributed by atoms with Crippen molar-refractivity contribution in [2.75, 3.05) is 12.3 Å². The molecule has 2 aromatic carbocycles. The van der Waals surface area contributed by atoms with Crippen LogP contribution in [0.5, 0.6) is 0 Å². The van der Waals surface area contributed by atoms with Crippen molar-refractivity contribution in [1.82, 2.24) is 4.90 Å². The van der Waals surface area contributed by atoms with Gasteiger partial charge in [0.05, 0.1) is 16.5 Å². The van der Waals surface area contributed by atoms with E-state index in [1.165, 1.54) is 6.07 Å². The summed E-state index contributed by atoms with van der Waals surface area (Å²) in [6, 6.07) is 12.7. The van der Waals surface area contributed by atoms with Crippen LogP contribution in [0, 0.1) is 10.1 Å². The van der Waals surface area contributed by atoms with Crippen LogP contribution in [-0.4, -0.2) is 44.4 Å². The number of carbonyl (C=O) groups is 2. The number of carboxylic acids is 1. The molecule has 1 heterocycles. The van der Waals surface area contributed by atoms with E-state index >= 15 is 0 Å². The van der Waals surface area contributed by atoms with Crippen LogP contribution in [-0.2, 0) is 0 Å². The third-order valence-electron chi connectivity index (χ3n) is 4.52. The van der Waals surface area contributed by atoms with Gasteiger partial charge in [0.25, 0.3) is 11.6 Å². The Labute approximate surface area is 160 Å². The Balaban J connectivity index is 2.02. The molecule has 0 saturated carbocycles. The van der Waals surface area contributed by atoms with Crippen molar-refractivity contribution in [3.8, 4) is 0 Å². The van der Waals surface area contributed by atoms with E-state index in [2.05, 4.69) is 0 Å². The summed E-state index contributed by atoms with van der Waals surface area (Å²) >= 11 is 1.76. The highest BCUT2D eigenvalue weighted by atomic mass is 32.2. The molecule has 1 fully saturated rings. The van der Waals surface area contributed by atoms with Crippen LogP contribution in [0.3, 0.4) is 0 Å². The van der Waals surface area contributed by atoms with Gasteiger partial charge in [0, 0.05) is 35.2 Å². The SMILES string of the molecule is CC1SCCN(C(=O)c2cc(C(=O)O)cc([N+](=O)[O-])c2)C1c1ccccc1. The second-order valence-corrected chi connectivity index (χ2v) is 7.75. The Morgan fingerprint density at radius 1 is 1.19 bits per heavy atom. The van der Waals surface area contributed by atoms with E-state index in [1.807, 2.05) is 37.3 Å². The molecule has 7 nitrogen and oxygen atoms in total. The molecule has 0 radical (unpaired) electrons. The number of hydrogen-bond acceptors (Lipinski definition) is 5. The van der Waals surface area contributed by atoms with Gasteiger partial charge < -0.3 is 10.0 Å². The summed E-state index contributed by atoms with van der Waals surface area (Å²) in [6.45, 7) is 2.52. The molecule has 2 atom stereocenters. The molecule has 0 bridgehead atoms. The largest absolute Gasteiger partial charge is 0.478 e.